The molecule has 7 nitrogen and oxygen atoms in total. The summed E-state index contributed by atoms with van der Waals surface area (Å²) < 4.78 is 37.3. The van der Waals surface area contributed by atoms with E-state index in [4.69, 9.17) is 20.8 Å². The largest absolute Gasteiger partial charge is 0.497 e. The number of aromatic amines is 1. The van der Waals surface area contributed by atoms with Gasteiger partial charge in [0.05, 0.1) is 17.6 Å². The summed E-state index contributed by atoms with van der Waals surface area (Å²) in [5, 5.41) is -0.0122. The van der Waals surface area contributed by atoms with Crippen molar-refractivity contribution < 1.29 is 17.6 Å². The van der Waals surface area contributed by atoms with Gasteiger partial charge in [0.1, 0.15) is 10.6 Å². The zero-order valence-electron chi connectivity index (χ0n) is 12.5. The second-order valence-corrected chi connectivity index (χ2v) is 7.11. The van der Waals surface area contributed by atoms with Crippen LogP contribution in [0.3, 0.4) is 0 Å². The number of halogens is 1. The molecule has 2 N–H and O–H groups in total. The van der Waals surface area contributed by atoms with Gasteiger partial charge in [0.15, 0.2) is 5.58 Å². The smallest absolute Gasteiger partial charge is 0.417 e. The lowest BCUT2D eigenvalue weighted by atomic mass is 10.2. The zero-order valence-corrected chi connectivity index (χ0v) is 14.1. The van der Waals surface area contributed by atoms with Crippen molar-refractivity contribution in [1.29, 1.82) is 0 Å². The topological polar surface area (TPSA) is 101 Å². The Hall–Kier alpha value is -2.29. The lowest BCUT2D eigenvalue weighted by molar-refractivity contribution is 0.414. The lowest BCUT2D eigenvalue weighted by Crippen LogP contribution is -2.23. The first kappa shape index (κ1) is 16.6. The molecule has 3 rings (SSSR count). The molecule has 0 bridgehead atoms. The van der Waals surface area contributed by atoms with Gasteiger partial charge in [-0.1, -0.05) is 23.7 Å². The number of benzene rings is 2. The molecule has 0 aliphatic heterocycles. The molecule has 0 unspecified atom stereocenters. The minimum atomic E-state index is -3.88. The predicted octanol–water partition coefficient (Wildman–Crippen LogP) is 2.26. The van der Waals surface area contributed by atoms with E-state index in [0.29, 0.717) is 11.3 Å². The molecule has 9 heteroatoms. The van der Waals surface area contributed by atoms with Crippen LogP contribution < -0.4 is 15.2 Å². The molecule has 0 aliphatic carbocycles. The van der Waals surface area contributed by atoms with Crippen LogP contribution >= 0.6 is 11.6 Å². The number of ether oxygens (including phenoxy) is 1. The number of H-pyrrole nitrogens is 1. The molecule has 0 saturated carbocycles. The average molecular weight is 369 g/mol. The number of rotatable bonds is 5. The molecule has 1 aromatic heterocycles. The monoisotopic (exact) mass is 368 g/mol. The van der Waals surface area contributed by atoms with E-state index in [1.165, 1.54) is 12.1 Å². The molecule has 0 atom stereocenters. The lowest BCUT2D eigenvalue weighted by Gasteiger charge is -2.09. The first-order valence-electron chi connectivity index (χ1n) is 6.84. The summed E-state index contributed by atoms with van der Waals surface area (Å²) in [5.74, 6) is -0.000559. The van der Waals surface area contributed by atoms with E-state index in [-0.39, 0.29) is 22.0 Å². The average Bonchev–Trinajstić information content (AvgIpc) is 2.91. The molecule has 0 saturated heterocycles. The summed E-state index contributed by atoms with van der Waals surface area (Å²) in [6.45, 7) is 0.0811. The molecular formula is C15H13ClN2O5S. The second-order valence-electron chi connectivity index (χ2n) is 4.97. The predicted molar refractivity (Wildman–Crippen MR) is 88.9 cm³/mol. The minimum Gasteiger partial charge on any atom is -0.497 e. The maximum absolute atomic E-state index is 12.4. The highest BCUT2D eigenvalue weighted by Gasteiger charge is 2.20. The second kappa shape index (κ2) is 6.31. The molecule has 3 aromatic rings. The molecule has 24 heavy (non-hydrogen) atoms. The van der Waals surface area contributed by atoms with Crippen molar-refractivity contribution in [2.45, 2.75) is 11.4 Å². The standard InChI is InChI=1S/C15H13ClN2O5S/c1-22-10-4-2-9(3-5-10)8-17-24(20,21)14-7-13-12(6-11(14)16)18-15(19)23-13/h2-7,17H,8H2,1H3,(H,18,19). The summed E-state index contributed by atoms with van der Waals surface area (Å²) in [4.78, 5) is 13.4. The van der Waals surface area contributed by atoms with E-state index < -0.39 is 15.8 Å². The van der Waals surface area contributed by atoms with Gasteiger partial charge < -0.3 is 9.15 Å². The Morgan fingerprint density at radius 2 is 1.96 bits per heavy atom. The normalized spacial score (nSPS) is 11.8. The number of nitrogens with one attached hydrogen (secondary N) is 2. The van der Waals surface area contributed by atoms with E-state index in [1.54, 1.807) is 31.4 Å². The van der Waals surface area contributed by atoms with E-state index in [0.717, 1.165) is 5.56 Å². The Morgan fingerprint density at radius 3 is 2.62 bits per heavy atom. The van der Waals surface area contributed by atoms with E-state index in [9.17, 15) is 13.2 Å². The van der Waals surface area contributed by atoms with Crippen LogP contribution in [0.1, 0.15) is 5.56 Å². The highest BCUT2D eigenvalue weighted by atomic mass is 35.5. The Balaban J connectivity index is 1.86. The van der Waals surface area contributed by atoms with Gasteiger partial charge in [-0.25, -0.2) is 17.9 Å². The fraction of sp³-hybridized carbons (Fsp3) is 0.133. The van der Waals surface area contributed by atoms with Crippen molar-refractivity contribution in [3.05, 3.63) is 57.5 Å². The maximum Gasteiger partial charge on any atom is 0.417 e. The van der Waals surface area contributed by atoms with Gasteiger partial charge in [0.2, 0.25) is 10.0 Å². The van der Waals surface area contributed by atoms with Crippen LogP contribution in [0.15, 0.2) is 50.5 Å². The number of hydrogen-bond donors (Lipinski definition) is 2. The number of fused-ring (bicyclic) bond motifs is 1. The van der Waals surface area contributed by atoms with Crippen LogP contribution in [-0.2, 0) is 16.6 Å². The molecule has 2 aromatic carbocycles. The van der Waals surface area contributed by atoms with Gasteiger partial charge in [-0.3, -0.25) is 4.98 Å². The van der Waals surface area contributed by atoms with Gasteiger partial charge >= 0.3 is 5.76 Å². The Morgan fingerprint density at radius 1 is 1.25 bits per heavy atom. The quantitative estimate of drug-likeness (QED) is 0.719. The SMILES string of the molecule is COc1ccc(CNS(=O)(=O)c2cc3oc(=O)[nH]c3cc2Cl)cc1. The van der Waals surface area contributed by atoms with E-state index in [2.05, 4.69) is 9.71 Å². The number of sulfonamides is 1. The van der Waals surface area contributed by atoms with E-state index >= 15 is 0 Å². The Labute approximate surface area is 142 Å². The summed E-state index contributed by atoms with van der Waals surface area (Å²) in [5.41, 5.74) is 1.21. The number of methoxy groups -OCH3 is 1. The van der Waals surface area contributed by atoms with Crippen molar-refractivity contribution in [2.75, 3.05) is 7.11 Å². The summed E-state index contributed by atoms with van der Waals surface area (Å²) in [7, 11) is -2.33. The number of aromatic nitrogens is 1. The third-order valence-electron chi connectivity index (χ3n) is 3.39. The summed E-state index contributed by atoms with van der Waals surface area (Å²) >= 11 is 6.02. The molecule has 0 spiro atoms. The first-order valence-corrected chi connectivity index (χ1v) is 8.70. The van der Waals surface area contributed by atoms with Crippen LogP contribution in [0.4, 0.5) is 0 Å². The maximum atomic E-state index is 12.4. The van der Waals surface area contributed by atoms with Gasteiger partial charge in [0, 0.05) is 12.6 Å². The summed E-state index contributed by atoms with van der Waals surface area (Å²) in [6, 6.07) is 9.51. The van der Waals surface area contributed by atoms with Gasteiger partial charge in [-0.2, -0.15) is 0 Å². The van der Waals surface area contributed by atoms with Gasteiger partial charge in [-0.15, -0.1) is 0 Å². The molecule has 126 valence electrons. The zero-order chi connectivity index (χ0) is 17.3. The minimum absolute atomic E-state index is 0.0122. The first-order chi connectivity index (χ1) is 11.4. The van der Waals surface area contributed by atoms with Crippen molar-refractivity contribution >= 4 is 32.7 Å². The fourth-order valence-corrected chi connectivity index (χ4v) is 3.72. The molecule has 0 amide bonds. The molecule has 0 fully saturated rings. The van der Waals surface area contributed by atoms with Gasteiger partial charge in [0.25, 0.3) is 0 Å². The Bertz CT molecular complexity index is 1040. The Kier molecular flexibility index (Phi) is 4.35. The highest BCUT2D eigenvalue weighted by Crippen LogP contribution is 2.26. The van der Waals surface area contributed by atoms with Crippen LogP contribution in [-0.4, -0.2) is 20.5 Å². The molecular weight excluding hydrogens is 356 g/mol. The fourth-order valence-electron chi connectivity index (χ4n) is 2.16. The van der Waals surface area contributed by atoms with E-state index in [1.807, 2.05) is 0 Å². The highest BCUT2D eigenvalue weighted by molar-refractivity contribution is 7.89. The van der Waals surface area contributed by atoms with Crippen molar-refractivity contribution in [3.63, 3.8) is 0 Å². The van der Waals surface area contributed by atoms with Crippen LogP contribution in [0, 0.1) is 0 Å². The van der Waals surface area contributed by atoms with Crippen molar-refractivity contribution in [1.82, 2.24) is 9.71 Å². The van der Waals surface area contributed by atoms with Crippen LogP contribution in [0.5, 0.6) is 5.75 Å². The molecule has 1 heterocycles. The third-order valence-corrected chi connectivity index (χ3v) is 5.25. The molecule has 0 radical (unpaired) electrons. The third kappa shape index (κ3) is 3.30. The van der Waals surface area contributed by atoms with Crippen LogP contribution in [0.25, 0.3) is 11.1 Å². The van der Waals surface area contributed by atoms with Crippen molar-refractivity contribution in [3.8, 4) is 5.75 Å². The number of oxazole rings is 1. The van der Waals surface area contributed by atoms with Gasteiger partial charge in [-0.05, 0) is 23.8 Å². The van der Waals surface area contributed by atoms with Crippen molar-refractivity contribution in [2.24, 2.45) is 0 Å². The van der Waals surface area contributed by atoms with Crippen LogP contribution in [0.2, 0.25) is 5.02 Å². The number of hydrogen-bond acceptors (Lipinski definition) is 5. The molecule has 0 aliphatic rings. The summed E-state index contributed by atoms with van der Waals surface area (Å²) in [6.07, 6.45) is 0.